The molecule has 8 heteroatoms. The third kappa shape index (κ3) is 4.90. The van der Waals surface area contributed by atoms with Crippen LogP contribution in [0.2, 0.25) is 0 Å². The molecule has 0 aliphatic rings. The van der Waals surface area contributed by atoms with Gasteiger partial charge in [0.15, 0.2) is 0 Å². The maximum Gasteiger partial charge on any atom is 0.224 e. The molecular weight excluding hydrogens is 369 g/mol. The predicted octanol–water partition coefficient (Wildman–Crippen LogP) is 2.91. The largest absolute Gasteiger partial charge is 0.349 e. The van der Waals surface area contributed by atoms with Gasteiger partial charge in [-0.1, -0.05) is 25.1 Å². The Morgan fingerprint density at radius 1 is 1.30 bits per heavy atom. The fourth-order valence-electron chi connectivity index (χ4n) is 2.50. The number of amides is 1. The Balaban J connectivity index is 0.00000261. The summed E-state index contributed by atoms with van der Waals surface area (Å²) in [4.78, 5) is 24.0. The van der Waals surface area contributed by atoms with E-state index in [1.807, 2.05) is 18.2 Å². The molecule has 0 aliphatic heterocycles. The number of aromatic amines is 1. The highest BCUT2D eigenvalue weighted by Gasteiger charge is 2.17. The van der Waals surface area contributed by atoms with Gasteiger partial charge in [-0.15, -0.1) is 12.4 Å². The van der Waals surface area contributed by atoms with E-state index in [0.29, 0.717) is 28.5 Å². The number of nitrogens with one attached hydrogen (secondary N) is 2. The normalized spacial score (nSPS) is 11.5. The van der Waals surface area contributed by atoms with Crippen LogP contribution in [-0.4, -0.2) is 27.4 Å². The van der Waals surface area contributed by atoms with E-state index in [1.54, 1.807) is 25.3 Å². The molecule has 1 atom stereocenters. The molecule has 0 fully saturated rings. The Hall–Kier alpha value is -2.77. The molecule has 1 aromatic carbocycles. The second kappa shape index (κ2) is 9.25. The van der Waals surface area contributed by atoms with Crippen molar-refractivity contribution < 1.29 is 9.18 Å². The summed E-state index contributed by atoms with van der Waals surface area (Å²) < 4.78 is 13.7. The second-order valence-electron chi connectivity index (χ2n) is 5.99. The van der Waals surface area contributed by atoms with Crippen LogP contribution in [0.5, 0.6) is 0 Å². The Labute approximate surface area is 162 Å². The SMILES string of the molecule is CC(CN)C(=O)NCc1nc(-c2cccc(F)c2)c(-c2ccccn2)[nH]1.Cl. The molecule has 1 amide bonds. The first kappa shape index (κ1) is 20.5. The number of carbonyl (C=O) groups excluding carboxylic acids is 1. The average molecular weight is 390 g/mol. The van der Waals surface area contributed by atoms with E-state index < -0.39 is 0 Å². The Kier molecular flexibility index (Phi) is 7.04. The lowest BCUT2D eigenvalue weighted by Crippen LogP contribution is -2.33. The molecule has 27 heavy (non-hydrogen) atoms. The smallest absolute Gasteiger partial charge is 0.224 e. The van der Waals surface area contributed by atoms with Gasteiger partial charge in [-0.25, -0.2) is 9.37 Å². The van der Waals surface area contributed by atoms with Crippen LogP contribution < -0.4 is 11.1 Å². The van der Waals surface area contributed by atoms with Crippen molar-refractivity contribution in [3.05, 3.63) is 60.3 Å². The standard InChI is InChI=1S/C19H20FN5O.ClH/c1-12(10-21)19(26)23-11-16-24-17(13-5-4-6-14(20)9-13)18(25-16)15-7-2-3-8-22-15;/h2-9,12H,10-11,21H2,1H3,(H,23,26)(H,24,25);1H. The maximum atomic E-state index is 13.7. The molecule has 3 aromatic rings. The van der Waals surface area contributed by atoms with Gasteiger partial charge in [0.1, 0.15) is 11.6 Å². The lowest BCUT2D eigenvalue weighted by atomic mass is 10.1. The summed E-state index contributed by atoms with van der Waals surface area (Å²) in [5.74, 6) is -0.204. The first-order chi connectivity index (χ1) is 12.6. The van der Waals surface area contributed by atoms with Crippen LogP contribution in [0.3, 0.4) is 0 Å². The van der Waals surface area contributed by atoms with Crippen LogP contribution in [0.4, 0.5) is 4.39 Å². The van der Waals surface area contributed by atoms with Crippen molar-refractivity contribution in [1.82, 2.24) is 20.3 Å². The number of hydrogen-bond acceptors (Lipinski definition) is 4. The molecule has 0 saturated carbocycles. The fraction of sp³-hybridized carbons (Fsp3) is 0.211. The van der Waals surface area contributed by atoms with Gasteiger partial charge in [0.2, 0.25) is 5.91 Å². The van der Waals surface area contributed by atoms with Crippen molar-refractivity contribution in [3.8, 4) is 22.6 Å². The van der Waals surface area contributed by atoms with Crippen molar-refractivity contribution in [2.24, 2.45) is 11.7 Å². The Bertz CT molecular complexity index is 900. The highest BCUT2D eigenvalue weighted by molar-refractivity contribution is 5.85. The van der Waals surface area contributed by atoms with E-state index in [-0.39, 0.29) is 43.1 Å². The molecule has 4 N–H and O–H groups in total. The van der Waals surface area contributed by atoms with Crippen molar-refractivity contribution >= 4 is 18.3 Å². The Morgan fingerprint density at radius 3 is 2.78 bits per heavy atom. The minimum Gasteiger partial charge on any atom is -0.349 e. The minimum absolute atomic E-state index is 0. The summed E-state index contributed by atoms with van der Waals surface area (Å²) in [5, 5.41) is 2.80. The van der Waals surface area contributed by atoms with Gasteiger partial charge in [0.05, 0.1) is 23.6 Å². The maximum absolute atomic E-state index is 13.7. The molecule has 3 rings (SSSR count). The number of imidazole rings is 1. The molecule has 6 nitrogen and oxygen atoms in total. The molecule has 142 valence electrons. The van der Waals surface area contributed by atoms with Crippen LogP contribution in [0.1, 0.15) is 12.7 Å². The number of nitrogens with zero attached hydrogens (tertiary/aromatic N) is 2. The molecule has 0 radical (unpaired) electrons. The van der Waals surface area contributed by atoms with E-state index in [1.165, 1.54) is 12.1 Å². The van der Waals surface area contributed by atoms with E-state index in [9.17, 15) is 9.18 Å². The van der Waals surface area contributed by atoms with Gasteiger partial charge in [0, 0.05) is 24.2 Å². The van der Waals surface area contributed by atoms with E-state index in [2.05, 4.69) is 20.3 Å². The van der Waals surface area contributed by atoms with Gasteiger partial charge in [-0.2, -0.15) is 0 Å². The van der Waals surface area contributed by atoms with Crippen molar-refractivity contribution in [3.63, 3.8) is 0 Å². The third-order valence-electron chi connectivity index (χ3n) is 4.00. The van der Waals surface area contributed by atoms with Crippen LogP contribution in [0.25, 0.3) is 22.6 Å². The number of benzene rings is 1. The summed E-state index contributed by atoms with van der Waals surface area (Å²) in [7, 11) is 0. The molecule has 0 bridgehead atoms. The summed E-state index contributed by atoms with van der Waals surface area (Å²) in [6.45, 7) is 2.25. The zero-order valence-corrected chi connectivity index (χ0v) is 15.6. The molecular formula is C19H21ClFN5O. The zero-order valence-electron chi connectivity index (χ0n) is 14.8. The summed E-state index contributed by atoms with van der Waals surface area (Å²) >= 11 is 0. The van der Waals surface area contributed by atoms with Crippen molar-refractivity contribution in [2.45, 2.75) is 13.5 Å². The van der Waals surface area contributed by atoms with Crippen LogP contribution in [0, 0.1) is 11.7 Å². The first-order valence-electron chi connectivity index (χ1n) is 8.32. The number of aromatic nitrogens is 3. The van der Waals surface area contributed by atoms with Crippen LogP contribution >= 0.6 is 12.4 Å². The van der Waals surface area contributed by atoms with Gasteiger partial charge in [0.25, 0.3) is 0 Å². The van der Waals surface area contributed by atoms with Gasteiger partial charge in [-0.3, -0.25) is 9.78 Å². The number of carbonyl (C=O) groups is 1. The third-order valence-corrected chi connectivity index (χ3v) is 4.00. The lowest BCUT2D eigenvalue weighted by molar-refractivity contribution is -0.124. The van der Waals surface area contributed by atoms with E-state index in [0.717, 1.165) is 0 Å². The van der Waals surface area contributed by atoms with Crippen molar-refractivity contribution in [2.75, 3.05) is 6.54 Å². The zero-order chi connectivity index (χ0) is 18.5. The van der Waals surface area contributed by atoms with Crippen molar-refractivity contribution in [1.29, 1.82) is 0 Å². The van der Waals surface area contributed by atoms with Gasteiger partial charge < -0.3 is 16.0 Å². The van der Waals surface area contributed by atoms with Crippen LogP contribution in [0.15, 0.2) is 48.7 Å². The monoisotopic (exact) mass is 389 g/mol. The molecule has 1 unspecified atom stereocenters. The quantitative estimate of drug-likeness (QED) is 0.603. The number of rotatable bonds is 6. The highest BCUT2D eigenvalue weighted by atomic mass is 35.5. The summed E-state index contributed by atoms with van der Waals surface area (Å²) in [6, 6.07) is 11.7. The van der Waals surface area contributed by atoms with Gasteiger partial charge in [-0.05, 0) is 24.3 Å². The summed E-state index contributed by atoms with van der Waals surface area (Å²) in [5.41, 5.74) is 8.09. The summed E-state index contributed by atoms with van der Waals surface area (Å²) in [6.07, 6.45) is 1.68. The minimum atomic E-state index is -0.343. The number of halogens is 2. The van der Waals surface area contributed by atoms with Crippen LogP contribution in [-0.2, 0) is 11.3 Å². The topological polar surface area (TPSA) is 96.7 Å². The van der Waals surface area contributed by atoms with Gasteiger partial charge >= 0.3 is 0 Å². The molecule has 0 spiro atoms. The predicted molar refractivity (Wildman–Crippen MR) is 105 cm³/mol. The first-order valence-corrected chi connectivity index (χ1v) is 8.32. The molecule has 2 heterocycles. The fourth-order valence-corrected chi connectivity index (χ4v) is 2.50. The highest BCUT2D eigenvalue weighted by Crippen LogP contribution is 2.29. The number of hydrogen-bond donors (Lipinski definition) is 3. The van der Waals surface area contributed by atoms with E-state index >= 15 is 0 Å². The lowest BCUT2D eigenvalue weighted by Gasteiger charge is -2.08. The van der Waals surface area contributed by atoms with E-state index in [4.69, 9.17) is 5.73 Å². The molecule has 0 saturated heterocycles. The number of pyridine rings is 1. The number of H-pyrrole nitrogens is 1. The molecule has 2 aromatic heterocycles. The Morgan fingerprint density at radius 2 is 2.11 bits per heavy atom. The average Bonchev–Trinajstić information content (AvgIpc) is 3.10. The number of nitrogens with two attached hydrogens (primary N) is 1. The molecule has 0 aliphatic carbocycles. The second-order valence-corrected chi connectivity index (χ2v) is 5.99.